The molecule has 0 atom stereocenters. The first-order chi connectivity index (χ1) is 7.42. The lowest BCUT2D eigenvalue weighted by Crippen LogP contribution is -2.25. The van der Waals surface area contributed by atoms with Gasteiger partial charge in [0.2, 0.25) is 0 Å². The summed E-state index contributed by atoms with van der Waals surface area (Å²) >= 11 is 0. The van der Waals surface area contributed by atoms with Gasteiger partial charge in [0.25, 0.3) is 0 Å². The van der Waals surface area contributed by atoms with Gasteiger partial charge in [0, 0.05) is 26.4 Å². The smallest absolute Gasteiger partial charge is 0.149 e. The molecule has 1 aromatic rings. The molecule has 1 rings (SSSR count). The molecule has 1 aromatic heterocycles. The Bertz CT molecular complexity index is 429. The van der Waals surface area contributed by atoms with Crippen LogP contribution in [0.2, 0.25) is 0 Å². The first-order valence-corrected chi connectivity index (χ1v) is 6.88. The average Bonchev–Trinajstić information content (AvgIpc) is 2.25. The molecule has 0 bridgehead atoms. The summed E-state index contributed by atoms with van der Waals surface area (Å²) < 4.78 is 22.0. The van der Waals surface area contributed by atoms with Crippen LogP contribution in [-0.2, 0) is 16.4 Å². The van der Waals surface area contributed by atoms with Crippen LogP contribution >= 0.6 is 0 Å². The summed E-state index contributed by atoms with van der Waals surface area (Å²) in [5, 5.41) is 0. The van der Waals surface area contributed by atoms with Crippen LogP contribution < -0.4 is 10.6 Å². The van der Waals surface area contributed by atoms with Gasteiger partial charge in [0.05, 0.1) is 23.8 Å². The van der Waals surface area contributed by atoms with Gasteiger partial charge in [-0.2, -0.15) is 0 Å². The fraction of sp³-hybridized carbons (Fsp3) is 0.556. The molecule has 0 amide bonds. The molecule has 7 heteroatoms. The van der Waals surface area contributed by atoms with Gasteiger partial charge in [-0.05, 0) is 0 Å². The van der Waals surface area contributed by atoms with E-state index < -0.39 is 9.84 Å². The third kappa shape index (κ3) is 4.11. The Morgan fingerprint density at radius 3 is 2.50 bits per heavy atom. The average molecular weight is 244 g/mol. The van der Waals surface area contributed by atoms with E-state index in [0.717, 1.165) is 0 Å². The van der Waals surface area contributed by atoms with E-state index in [-0.39, 0.29) is 5.75 Å². The van der Waals surface area contributed by atoms with Crippen LogP contribution in [0.1, 0.15) is 5.69 Å². The van der Waals surface area contributed by atoms with Crippen LogP contribution in [0.15, 0.2) is 12.4 Å². The molecule has 0 unspecified atom stereocenters. The predicted octanol–water partition coefficient (Wildman–Crippen LogP) is -0.584. The van der Waals surface area contributed by atoms with Crippen molar-refractivity contribution in [2.24, 2.45) is 5.73 Å². The Morgan fingerprint density at radius 1 is 1.38 bits per heavy atom. The van der Waals surface area contributed by atoms with Crippen molar-refractivity contribution in [1.29, 1.82) is 0 Å². The molecule has 0 saturated heterocycles. The van der Waals surface area contributed by atoms with E-state index >= 15 is 0 Å². The molecule has 0 aliphatic carbocycles. The van der Waals surface area contributed by atoms with Gasteiger partial charge < -0.3 is 10.6 Å². The van der Waals surface area contributed by atoms with E-state index in [1.165, 1.54) is 6.26 Å². The number of hydrogen-bond acceptors (Lipinski definition) is 6. The first-order valence-electron chi connectivity index (χ1n) is 4.82. The zero-order valence-electron chi connectivity index (χ0n) is 9.42. The summed E-state index contributed by atoms with van der Waals surface area (Å²) in [7, 11) is -1.17. The second-order valence-electron chi connectivity index (χ2n) is 3.62. The van der Waals surface area contributed by atoms with Crippen molar-refractivity contribution in [3.8, 4) is 0 Å². The molecule has 0 aliphatic heterocycles. The quantitative estimate of drug-likeness (QED) is 0.745. The number of sulfone groups is 1. The molecule has 0 radical (unpaired) electrons. The van der Waals surface area contributed by atoms with Crippen molar-refractivity contribution in [2.45, 2.75) is 6.54 Å². The van der Waals surface area contributed by atoms with Gasteiger partial charge in [-0.15, -0.1) is 0 Å². The highest BCUT2D eigenvalue weighted by Crippen LogP contribution is 2.06. The van der Waals surface area contributed by atoms with Crippen molar-refractivity contribution < 1.29 is 8.42 Å². The maximum atomic E-state index is 11.0. The summed E-state index contributed by atoms with van der Waals surface area (Å²) in [5.41, 5.74) is 6.10. The van der Waals surface area contributed by atoms with Crippen molar-refractivity contribution in [2.75, 3.05) is 30.5 Å². The van der Waals surface area contributed by atoms with Gasteiger partial charge in [0.15, 0.2) is 0 Å². The largest absolute Gasteiger partial charge is 0.357 e. The number of hydrogen-bond donors (Lipinski definition) is 1. The summed E-state index contributed by atoms with van der Waals surface area (Å²) in [4.78, 5) is 9.97. The highest BCUT2D eigenvalue weighted by atomic mass is 32.2. The molecular weight excluding hydrogens is 228 g/mol. The van der Waals surface area contributed by atoms with Crippen LogP contribution in [0.5, 0.6) is 0 Å². The highest BCUT2D eigenvalue weighted by molar-refractivity contribution is 7.90. The second-order valence-corrected chi connectivity index (χ2v) is 5.88. The van der Waals surface area contributed by atoms with E-state index in [0.29, 0.717) is 24.6 Å². The molecule has 0 aliphatic rings. The molecule has 0 saturated carbocycles. The van der Waals surface area contributed by atoms with Crippen LogP contribution in [0.4, 0.5) is 5.82 Å². The van der Waals surface area contributed by atoms with Crippen LogP contribution in [-0.4, -0.2) is 44.0 Å². The van der Waals surface area contributed by atoms with Gasteiger partial charge in [-0.3, -0.25) is 4.98 Å². The van der Waals surface area contributed by atoms with E-state index in [1.54, 1.807) is 24.3 Å². The Kier molecular flexibility index (Phi) is 4.19. The Hall–Kier alpha value is -1.21. The second kappa shape index (κ2) is 5.22. The Labute approximate surface area is 95.4 Å². The van der Waals surface area contributed by atoms with Crippen LogP contribution in [0, 0.1) is 0 Å². The van der Waals surface area contributed by atoms with Crippen molar-refractivity contribution in [1.82, 2.24) is 9.97 Å². The minimum Gasteiger partial charge on any atom is -0.357 e. The monoisotopic (exact) mass is 244 g/mol. The molecule has 90 valence electrons. The number of anilines is 1. The minimum absolute atomic E-state index is 0.101. The molecule has 6 nitrogen and oxygen atoms in total. The lowest BCUT2D eigenvalue weighted by molar-refractivity contribution is 0.601. The lowest BCUT2D eigenvalue weighted by atomic mass is 10.4. The topological polar surface area (TPSA) is 89.2 Å². The Balaban J connectivity index is 2.62. The third-order valence-corrected chi connectivity index (χ3v) is 3.01. The number of nitrogens with two attached hydrogens (primary N) is 1. The maximum Gasteiger partial charge on any atom is 0.149 e. The van der Waals surface area contributed by atoms with E-state index in [9.17, 15) is 8.42 Å². The van der Waals surface area contributed by atoms with Crippen molar-refractivity contribution in [3.63, 3.8) is 0 Å². The molecule has 0 aromatic carbocycles. The lowest BCUT2D eigenvalue weighted by Gasteiger charge is -2.16. The molecule has 0 fully saturated rings. The zero-order valence-corrected chi connectivity index (χ0v) is 10.2. The normalized spacial score (nSPS) is 11.4. The predicted molar refractivity (Wildman–Crippen MR) is 62.9 cm³/mol. The fourth-order valence-electron chi connectivity index (χ4n) is 1.07. The van der Waals surface area contributed by atoms with E-state index in [2.05, 4.69) is 9.97 Å². The summed E-state index contributed by atoms with van der Waals surface area (Å²) in [6, 6.07) is 0. The van der Waals surface area contributed by atoms with Crippen molar-refractivity contribution in [3.05, 3.63) is 18.1 Å². The molecular formula is C9H16N4O2S. The summed E-state index contributed by atoms with van der Waals surface area (Å²) in [6.45, 7) is 0.746. The van der Waals surface area contributed by atoms with Crippen LogP contribution in [0.3, 0.4) is 0 Å². The minimum atomic E-state index is -2.95. The summed E-state index contributed by atoms with van der Waals surface area (Å²) in [6.07, 6.45) is 4.39. The molecule has 0 spiro atoms. The molecule has 16 heavy (non-hydrogen) atoms. The highest BCUT2D eigenvalue weighted by Gasteiger charge is 2.07. The molecule has 2 N–H and O–H groups in total. The zero-order chi connectivity index (χ0) is 12.2. The summed E-state index contributed by atoms with van der Waals surface area (Å²) in [5.74, 6) is 0.741. The Morgan fingerprint density at radius 2 is 2.06 bits per heavy atom. The van der Waals surface area contributed by atoms with Gasteiger partial charge in [0.1, 0.15) is 15.7 Å². The third-order valence-electron chi connectivity index (χ3n) is 2.09. The number of rotatable bonds is 5. The first kappa shape index (κ1) is 12.9. The SMILES string of the molecule is CN(CCS(C)(=O)=O)c1cnc(CN)cn1. The number of nitrogens with zero attached hydrogens (tertiary/aromatic N) is 3. The van der Waals surface area contributed by atoms with Gasteiger partial charge >= 0.3 is 0 Å². The maximum absolute atomic E-state index is 11.0. The number of aromatic nitrogens is 2. The van der Waals surface area contributed by atoms with Crippen molar-refractivity contribution >= 4 is 15.7 Å². The fourth-order valence-corrected chi connectivity index (χ4v) is 1.67. The van der Waals surface area contributed by atoms with E-state index in [1.807, 2.05) is 0 Å². The van der Waals surface area contributed by atoms with Crippen LogP contribution in [0.25, 0.3) is 0 Å². The van der Waals surface area contributed by atoms with Gasteiger partial charge in [-0.25, -0.2) is 13.4 Å². The van der Waals surface area contributed by atoms with E-state index in [4.69, 9.17) is 5.73 Å². The van der Waals surface area contributed by atoms with Gasteiger partial charge in [-0.1, -0.05) is 0 Å². The standard InChI is InChI=1S/C9H16N4O2S/c1-13(3-4-16(2,14)15)9-7-11-8(5-10)6-12-9/h6-7H,3-5,10H2,1-2H3. The molecule has 1 heterocycles.